The number of benzene rings is 1. The Kier molecular flexibility index (Phi) is 3.49. The maximum Gasteiger partial charge on any atom is 0.273 e. The van der Waals surface area contributed by atoms with Crippen LogP contribution in [0.4, 0.5) is 0 Å². The average Bonchev–Trinajstić information content (AvgIpc) is 3.14. The lowest BCUT2D eigenvalue weighted by Gasteiger charge is -2.39. The van der Waals surface area contributed by atoms with Gasteiger partial charge >= 0.3 is 0 Å². The molecule has 1 aromatic heterocycles. The Labute approximate surface area is 135 Å². The molecule has 1 unspecified atom stereocenters. The minimum Gasteiger partial charge on any atom is -0.331 e. The Morgan fingerprint density at radius 3 is 2.45 bits per heavy atom. The number of hydrogen-bond acceptors (Lipinski definition) is 3. The summed E-state index contributed by atoms with van der Waals surface area (Å²) >= 11 is 1.49. The van der Waals surface area contributed by atoms with Crippen molar-refractivity contribution in [1.82, 2.24) is 9.88 Å². The molecule has 3 heterocycles. The van der Waals surface area contributed by atoms with Crippen molar-refractivity contribution in [2.75, 3.05) is 0 Å². The molecule has 0 saturated carbocycles. The molecular weight excluding hydrogens is 292 g/mol. The predicted octanol–water partition coefficient (Wildman–Crippen LogP) is 4.00. The molecule has 1 aromatic carbocycles. The highest BCUT2D eigenvalue weighted by atomic mass is 32.1. The number of hydrogen-bond donors (Lipinski definition) is 0. The van der Waals surface area contributed by atoms with Gasteiger partial charge in [0.15, 0.2) is 0 Å². The number of carbonyl (C=O) groups is 1. The molecule has 3 atom stereocenters. The highest BCUT2D eigenvalue weighted by molar-refractivity contribution is 7.07. The number of piperidine rings is 1. The molecule has 2 saturated heterocycles. The van der Waals surface area contributed by atoms with Gasteiger partial charge in [-0.3, -0.25) is 4.79 Å². The molecule has 2 aliphatic rings. The Morgan fingerprint density at radius 2 is 1.86 bits per heavy atom. The van der Waals surface area contributed by atoms with E-state index in [-0.39, 0.29) is 5.91 Å². The van der Waals surface area contributed by atoms with Crippen LogP contribution in [0.3, 0.4) is 0 Å². The van der Waals surface area contributed by atoms with Crippen LogP contribution in [-0.2, 0) is 0 Å². The van der Waals surface area contributed by atoms with Gasteiger partial charge in [0.1, 0.15) is 5.69 Å². The van der Waals surface area contributed by atoms with Crippen LogP contribution in [0, 0.1) is 6.92 Å². The Balaban J connectivity index is 1.54. The number of aryl methyl sites for hydroxylation is 1. The maximum atomic E-state index is 12.7. The highest BCUT2D eigenvalue weighted by Gasteiger charge is 2.44. The zero-order valence-electron chi connectivity index (χ0n) is 12.7. The fourth-order valence-corrected chi connectivity index (χ4v) is 4.60. The lowest BCUT2D eigenvalue weighted by Crippen LogP contribution is -2.46. The van der Waals surface area contributed by atoms with Gasteiger partial charge in [-0.1, -0.05) is 29.8 Å². The summed E-state index contributed by atoms with van der Waals surface area (Å²) in [5.41, 5.74) is 5.11. The fourth-order valence-electron chi connectivity index (χ4n) is 4.07. The summed E-state index contributed by atoms with van der Waals surface area (Å²) < 4.78 is 0. The normalized spacial score (nSPS) is 27.1. The van der Waals surface area contributed by atoms with Crippen molar-refractivity contribution in [2.24, 2.45) is 0 Å². The lowest BCUT2D eigenvalue weighted by molar-refractivity contribution is 0.0566. The zero-order chi connectivity index (χ0) is 15.1. The number of aromatic nitrogens is 1. The van der Waals surface area contributed by atoms with Gasteiger partial charge in [0, 0.05) is 17.5 Å². The maximum absolute atomic E-state index is 12.7. The first kappa shape index (κ1) is 13.9. The van der Waals surface area contributed by atoms with Crippen LogP contribution >= 0.6 is 11.3 Å². The van der Waals surface area contributed by atoms with Gasteiger partial charge in [0.05, 0.1) is 5.51 Å². The van der Waals surface area contributed by atoms with Crippen molar-refractivity contribution in [1.29, 1.82) is 0 Å². The first-order valence-electron chi connectivity index (χ1n) is 8.00. The second-order valence-electron chi connectivity index (χ2n) is 6.55. The lowest BCUT2D eigenvalue weighted by atomic mass is 9.84. The topological polar surface area (TPSA) is 33.2 Å². The Hall–Kier alpha value is -1.68. The first-order chi connectivity index (χ1) is 10.7. The van der Waals surface area contributed by atoms with Crippen LogP contribution in [0.1, 0.15) is 53.2 Å². The second kappa shape index (κ2) is 5.51. The molecular formula is C18H20N2OS. The third-order valence-corrected chi connectivity index (χ3v) is 5.75. The van der Waals surface area contributed by atoms with Crippen LogP contribution in [-0.4, -0.2) is 27.9 Å². The van der Waals surface area contributed by atoms with E-state index in [1.54, 1.807) is 5.51 Å². The zero-order valence-corrected chi connectivity index (χ0v) is 13.6. The van der Waals surface area contributed by atoms with E-state index in [1.165, 1.54) is 22.5 Å². The molecule has 0 radical (unpaired) electrons. The van der Waals surface area contributed by atoms with E-state index in [0.29, 0.717) is 23.7 Å². The summed E-state index contributed by atoms with van der Waals surface area (Å²) in [6.07, 6.45) is 4.47. The molecule has 2 aliphatic heterocycles. The largest absolute Gasteiger partial charge is 0.331 e. The highest BCUT2D eigenvalue weighted by Crippen LogP contribution is 2.43. The molecule has 22 heavy (non-hydrogen) atoms. The molecule has 2 aromatic rings. The smallest absolute Gasteiger partial charge is 0.273 e. The van der Waals surface area contributed by atoms with Crippen molar-refractivity contribution in [3.63, 3.8) is 0 Å². The van der Waals surface area contributed by atoms with E-state index in [4.69, 9.17) is 0 Å². The predicted molar refractivity (Wildman–Crippen MR) is 88.2 cm³/mol. The molecule has 3 nitrogen and oxygen atoms in total. The van der Waals surface area contributed by atoms with E-state index in [9.17, 15) is 4.79 Å². The minimum atomic E-state index is 0.135. The van der Waals surface area contributed by atoms with Crippen molar-refractivity contribution in [3.8, 4) is 0 Å². The van der Waals surface area contributed by atoms with Gasteiger partial charge in [0.2, 0.25) is 0 Å². The number of amides is 1. The third-order valence-electron chi connectivity index (χ3n) is 5.17. The molecule has 2 bridgehead atoms. The molecule has 4 rings (SSSR count). The summed E-state index contributed by atoms with van der Waals surface area (Å²) in [6.45, 7) is 2.13. The monoisotopic (exact) mass is 312 g/mol. The molecule has 1 amide bonds. The molecule has 0 aliphatic carbocycles. The van der Waals surface area contributed by atoms with E-state index in [0.717, 1.165) is 25.7 Å². The number of nitrogens with zero attached hydrogens (tertiary/aromatic N) is 2. The van der Waals surface area contributed by atoms with Crippen LogP contribution in [0.25, 0.3) is 0 Å². The van der Waals surface area contributed by atoms with Crippen LogP contribution in [0.5, 0.6) is 0 Å². The Morgan fingerprint density at radius 1 is 1.18 bits per heavy atom. The summed E-state index contributed by atoms with van der Waals surface area (Å²) in [5.74, 6) is 0.730. The van der Waals surface area contributed by atoms with Crippen molar-refractivity contribution in [2.45, 2.75) is 50.6 Å². The number of rotatable bonds is 2. The van der Waals surface area contributed by atoms with Gasteiger partial charge in [0.25, 0.3) is 5.91 Å². The van der Waals surface area contributed by atoms with Crippen molar-refractivity contribution < 1.29 is 4.79 Å². The van der Waals surface area contributed by atoms with Crippen LogP contribution in [0.15, 0.2) is 35.2 Å². The fraction of sp³-hybridized carbons (Fsp3) is 0.444. The van der Waals surface area contributed by atoms with E-state index >= 15 is 0 Å². The molecule has 4 heteroatoms. The van der Waals surface area contributed by atoms with Gasteiger partial charge in [-0.2, -0.15) is 0 Å². The van der Waals surface area contributed by atoms with E-state index in [1.807, 2.05) is 5.38 Å². The Bertz CT molecular complexity index is 651. The van der Waals surface area contributed by atoms with Crippen molar-refractivity contribution >= 4 is 17.2 Å². The molecule has 0 N–H and O–H groups in total. The molecule has 2 fully saturated rings. The standard InChI is InChI=1S/C18H20N2OS/c1-12-2-4-13(5-3-12)14-8-15-6-7-16(9-14)20(15)18(21)17-10-22-11-19-17/h2-5,10-11,14-16H,6-9H2,1H3/t14?,15-,16+. The van der Waals surface area contributed by atoms with Gasteiger partial charge in [-0.05, 0) is 44.1 Å². The summed E-state index contributed by atoms with van der Waals surface area (Å²) in [4.78, 5) is 19.0. The van der Waals surface area contributed by atoms with Crippen molar-refractivity contribution in [3.05, 3.63) is 52.0 Å². The molecule has 114 valence electrons. The minimum absolute atomic E-state index is 0.135. The van der Waals surface area contributed by atoms with Gasteiger partial charge < -0.3 is 4.90 Å². The second-order valence-corrected chi connectivity index (χ2v) is 7.27. The third kappa shape index (κ3) is 2.35. The summed E-state index contributed by atoms with van der Waals surface area (Å²) in [6, 6.07) is 9.70. The number of carbonyl (C=O) groups excluding carboxylic acids is 1. The van der Waals surface area contributed by atoms with E-state index in [2.05, 4.69) is 41.1 Å². The van der Waals surface area contributed by atoms with Crippen LogP contribution in [0.2, 0.25) is 0 Å². The van der Waals surface area contributed by atoms with Crippen LogP contribution < -0.4 is 0 Å². The summed E-state index contributed by atoms with van der Waals surface area (Å²) in [7, 11) is 0. The first-order valence-corrected chi connectivity index (χ1v) is 8.94. The van der Waals surface area contributed by atoms with E-state index < -0.39 is 0 Å². The average molecular weight is 312 g/mol. The van der Waals surface area contributed by atoms with Gasteiger partial charge in [-0.25, -0.2) is 4.98 Å². The van der Waals surface area contributed by atoms with Gasteiger partial charge in [-0.15, -0.1) is 11.3 Å². The number of thiazole rings is 1. The SMILES string of the molecule is Cc1ccc(C2C[C@H]3CC[C@@H](C2)N3C(=O)c2cscn2)cc1. The summed E-state index contributed by atoms with van der Waals surface area (Å²) in [5, 5.41) is 1.87. The number of fused-ring (bicyclic) bond motifs is 2. The quantitative estimate of drug-likeness (QED) is 0.839. The molecule has 0 spiro atoms.